The van der Waals surface area contributed by atoms with E-state index in [4.69, 9.17) is 5.11 Å². The SMILES string of the molecule is CCCCCCC(O)c1ccc(N2C(=O)CCC2CCCc2ccc(C(=O)O)s2)cc1. The van der Waals surface area contributed by atoms with Gasteiger partial charge in [0.25, 0.3) is 0 Å². The van der Waals surface area contributed by atoms with Gasteiger partial charge in [0, 0.05) is 23.0 Å². The summed E-state index contributed by atoms with van der Waals surface area (Å²) in [6.07, 6.45) is 8.97. The van der Waals surface area contributed by atoms with Gasteiger partial charge >= 0.3 is 5.97 Å². The fourth-order valence-corrected chi connectivity index (χ4v) is 5.19. The Balaban J connectivity index is 1.54. The van der Waals surface area contributed by atoms with E-state index in [1.165, 1.54) is 24.2 Å². The lowest BCUT2D eigenvalue weighted by molar-refractivity contribution is -0.117. The van der Waals surface area contributed by atoms with Crippen LogP contribution in [0.5, 0.6) is 0 Å². The second-order valence-electron chi connectivity index (χ2n) is 8.38. The summed E-state index contributed by atoms with van der Waals surface area (Å²) in [5, 5.41) is 19.5. The van der Waals surface area contributed by atoms with Crippen LogP contribution in [-0.2, 0) is 11.2 Å². The lowest BCUT2D eigenvalue weighted by atomic mass is 10.0. The molecule has 1 fully saturated rings. The average molecular weight is 444 g/mol. The van der Waals surface area contributed by atoms with E-state index in [-0.39, 0.29) is 11.9 Å². The van der Waals surface area contributed by atoms with Gasteiger partial charge in [-0.2, -0.15) is 0 Å². The van der Waals surface area contributed by atoms with Crippen LogP contribution in [0.15, 0.2) is 36.4 Å². The second kappa shape index (κ2) is 11.4. The summed E-state index contributed by atoms with van der Waals surface area (Å²) in [5.41, 5.74) is 1.81. The van der Waals surface area contributed by atoms with Crippen LogP contribution in [0.25, 0.3) is 0 Å². The van der Waals surface area contributed by atoms with E-state index in [1.807, 2.05) is 35.2 Å². The predicted molar refractivity (Wildman–Crippen MR) is 125 cm³/mol. The van der Waals surface area contributed by atoms with Crippen molar-refractivity contribution in [1.29, 1.82) is 0 Å². The summed E-state index contributed by atoms with van der Waals surface area (Å²) >= 11 is 1.33. The lowest BCUT2D eigenvalue weighted by Crippen LogP contribution is -2.32. The highest BCUT2D eigenvalue weighted by atomic mass is 32.1. The molecule has 1 aliphatic rings. The normalized spacial score (nSPS) is 17.3. The van der Waals surface area contributed by atoms with E-state index in [2.05, 4.69) is 6.92 Å². The van der Waals surface area contributed by atoms with Gasteiger partial charge < -0.3 is 15.1 Å². The number of benzene rings is 1. The largest absolute Gasteiger partial charge is 0.477 e. The molecule has 2 atom stereocenters. The Bertz CT molecular complexity index is 861. The molecule has 1 saturated heterocycles. The van der Waals surface area contributed by atoms with Crippen molar-refractivity contribution in [3.05, 3.63) is 51.7 Å². The number of carboxylic acid groups (broad SMARTS) is 1. The summed E-state index contributed by atoms with van der Waals surface area (Å²) in [4.78, 5) is 26.9. The molecule has 0 radical (unpaired) electrons. The number of amides is 1. The number of hydrogen-bond donors (Lipinski definition) is 2. The molecular weight excluding hydrogens is 410 g/mol. The molecule has 6 heteroatoms. The van der Waals surface area contributed by atoms with Gasteiger partial charge in [-0.3, -0.25) is 4.79 Å². The Morgan fingerprint density at radius 2 is 1.90 bits per heavy atom. The van der Waals surface area contributed by atoms with Crippen molar-refractivity contribution in [1.82, 2.24) is 0 Å². The first-order valence-corrected chi connectivity index (χ1v) is 12.2. The maximum atomic E-state index is 12.5. The number of carbonyl (C=O) groups is 2. The van der Waals surface area contributed by atoms with Crippen LogP contribution >= 0.6 is 11.3 Å². The lowest BCUT2D eigenvalue weighted by Gasteiger charge is -2.25. The topological polar surface area (TPSA) is 77.8 Å². The zero-order valence-corrected chi connectivity index (χ0v) is 19.1. The molecule has 2 aromatic rings. The molecule has 1 amide bonds. The number of aliphatic hydroxyl groups excluding tert-OH is 1. The van der Waals surface area contributed by atoms with E-state index in [0.717, 1.165) is 61.1 Å². The number of aliphatic hydroxyl groups is 1. The molecule has 0 spiro atoms. The minimum Gasteiger partial charge on any atom is -0.477 e. The molecule has 2 unspecified atom stereocenters. The van der Waals surface area contributed by atoms with E-state index >= 15 is 0 Å². The number of aryl methyl sites for hydroxylation is 1. The molecule has 5 nitrogen and oxygen atoms in total. The zero-order chi connectivity index (χ0) is 22.2. The number of unbranched alkanes of at least 4 members (excludes halogenated alkanes) is 3. The van der Waals surface area contributed by atoms with Crippen molar-refractivity contribution in [2.24, 2.45) is 0 Å². The summed E-state index contributed by atoms with van der Waals surface area (Å²) in [6.45, 7) is 2.18. The standard InChI is InChI=1S/C25H33NO4S/c1-2-3-4-5-9-22(27)18-10-12-20(13-11-18)26-19(14-17-24(26)28)7-6-8-21-15-16-23(31-21)25(29)30/h10-13,15-16,19,22,27H,2-9,14,17H2,1H3,(H,29,30). The fourth-order valence-electron chi connectivity index (χ4n) is 4.30. The molecule has 1 aromatic carbocycles. The number of thiophene rings is 1. The van der Waals surface area contributed by atoms with Crippen LogP contribution in [0.4, 0.5) is 5.69 Å². The molecule has 0 bridgehead atoms. The number of rotatable bonds is 12. The first kappa shape index (κ1) is 23.5. The third kappa shape index (κ3) is 6.40. The quantitative estimate of drug-likeness (QED) is 0.396. The van der Waals surface area contributed by atoms with Gasteiger partial charge in [-0.05, 0) is 61.9 Å². The molecule has 168 valence electrons. The highest BCUT2D eigenvalue weighted by molar-refractivity contribution is 7.13. The van der Waals surface area contributed by atoms with Gasteiger partial charge in [0.2, 0.25) is 5.91 Å². The number of carbonyl (C=O) groups excluding carboxylic acids is 1. The van der Waals surface area contributed by atoms with E-state index in [9.17, 15) is 14.7 Å². The van der Waals surface area contributed by atoms with E-state index < -0.39 is 12.1 Å². The molecular formula is C25H33NO4S. The van der Waals surface area contributed by atoms with E-state index in [1.54, 1.807) is 6.07 Å². The predicted octanol–water partition coefficient (Wildman–Crippen LogP) is 5.97. The van der Waals surface area contributed by atoms with Crippen LogP contribution in [0.2, 0.25) is 0 Å². The molecule has 2 heterocycles. The number of anilines is 1. The van der Waals surface area contributed by atoms with Crippen molar-refractivity contribution < 1.29 is 19.8 Å². The molecule has 3 rings (SSSR count). The Kier molecular flexibility index (Phi) is 8.67. The molecule has 2 N–H and O–H groups in total. The van der Waals surface area contributed by atoms with Crippen LogP contribution < -0.4 is 4.90 Å². The molecule has 0 aliphatic carbocycles. The van der Waals surface area contributed by atoms with Crippen molar-refractivity contribution in [3.8, 4) is 0 Å². The van der Waals surface area contributed by atoms with Crippen LogP contribution in [0.1, 0.15) is 90.9 Å². The molecule has 0 saturated carbocycles. The van der Waals surface area contributed by atoms with Crippen molar-refractivity contribution in [2.45, 2.75) is 83.3 Å². The van der Waals surface area contributed by atoms with Gasteiger partial charge in [-0.15, -0.1) is 11.3 Å². The summed E-state index contributed by atoms with van der Waals surface area (Å²) in [7, 11) is 0. The summed E-state index contributed by atoms with van der Waals surface area (Å²) in [6, 6.07) is 11.5. The van der Waals surface area contributed by atoms with Crippen LogP contribution in [0, 0.1) is 0 Å². The van der Waals surface area contributed by atoms with Gasteiger partial charge in [-0.25, -0.2) is 4.79 Å². The first-order chi connectivity index (χ1) is 15.0. The summed E-state index contributed by atoms with van der Waals surface area (Å²) in [5.74, 6) is -0.722. The Morgan fingerprint density at radius 1 is 1.13 bits per heavy atom. The molecule has 31 heavy (non-hydrogen) atoms. The number of nitrogens with zero attached hydrogens (tertiary/aromatic N) is 1. The second-order valence-corrected chi connectivity index (χ2v) is 9.54. The van der Waals surface area contributed by atoms with Crippen molar-refractivity contribution in [2.75, 3.05) is 4.90 Å². The summed E-state index contributed by atoms with van der Waals surface area (Å²) < 4.78 is 0. The zero-order valence-electron chi connectivity index (χ0n) is 18.3. The smallest absolute Gasteiger partial charge is 0.345 e. The van der Waals surface area contributed by atoms with Crippen LogP contribution in [-0.4, -0.2) is 28.1 Å². The van der Waals surface area contributed by atoms with E-state index in [0.29, 0.717) is 11.3 Å². The third-order valence-corrected chi connectivity index (χ3v) is 7.18. The monoisotopic (exact) mass is 443 g/mol. The first-order valence-electron chi connectivity index (χ1n) is 11.4. The highest BCUT2D eigenvalue weighted by Crippen LogP contribution is 2.31. The Morgan fingerprint density at radius 3 is 2.58 bits per heavy atom. The Labute approximate surface area is 188 Å². The van der Waals surface area contributed by atoms with Gasteiger partial charge in [0.15, 0.2) is 0 Å². The minimum atomic E-state index is -0.877. The number of hydrogen-bond acceptors (Lipinski definition) is 4. The third-order valence-electron chi connectivity index (χ3n) is 6.05. The maximum absolute atomic E-state index is 12.5. The number of carboxylic acids is 1. The van der Waals surface area contributed by atoms with Gasteiger partial charge in [-0.1, -0.05) is 44.7 Å². The Hall–Kier alpha value is -2.18. The molecule has 1 aliphatic heterocycles. The van der Waals surface area contributed by atoms with Crippen molar-refractivity contribution >= 4 is 28.9 Å². The average Bonchev–Trinajstić information content (AvgIpc) is 3.38. The van der Waals surface area contributed by atoms with Gasteiger partial charge in [0.05, 0.1) is 6.10 Å². The molecule has 1 aromatic heterocycles. The van der Waals surface area contributed by atoms with Crippen molar-refractivity contribution in [3.63, 3.8) is 0 Å². The fraction of sp³-hybridized carbons (Fsp3) is 0.520. The van der Waals surface area contributed by atoms with Gasteiger partial charge in [0.1, 0.15) is 4.88 Å². The highest BCUT2D eigenvalue weighted by Gasteiger charge is 2.31. The number of aromatic carboxylic acids is 1. The maximum Gasteiger partial charge on any atom is 0.345 e. The van der Waals surface area contributed by atoms with Crippen LogP contribution in [0.3, 0.4) is 0 Å². The minimum absolute atomic E-state index is 0.155.